The molecule has 0 amide bonds. The third-order valence-electron chi connectivity index (χ3n) is 1.51. The molecule has 5 nitrogen and oxygen atoms in total. The highest BCUT2D eigenvalue weighted by molar-refractivity contribution is 5.71. The van der Waals surface area contributed by atoms with Crippen molar-refractivity contribution in [3.05, 3.63) is 22.5 Å². The van der Waals surface area contributed by atoms with Crippen molar-refractivity contribution in [3.63, 3.8) is 0 Å². The van der Waals surface area contributed by atoms with Crippen LogP contribution < -0.4 is 5.69 Å². The maximum absolute atomic E-state index is 10.8. The molecule has 0 saturated carbocycles. The third-order valence-corrected chi connectivity index (χ3v) is 1.51. The van der Waals surface area contributed by atoms with Crippen LogP contribution in [0.3, 0.4) is 0 Å². The summed E-state index contributed by atoms with van der Waals surface area (Å²) in [5.74, 6) is 0. The van der Waals surface area contributed by atoms with E-state index in [2.05, 4.69) is 19.9 Å². The molecule has 2 N–H and O–H groups in total. The van der Waals surface area contributed by atoms with Gasteiger partial charge in [-0.1, -0.05) is 13.8 Å². The highest BCUT2D eigenvalue weighted by Gasteiger charge is 2.00. The maximum Gasteiger partial charge on any atom is 0.325 e. The average Bonchev–Trinajstić information content (AvgIpc) is 2.51. The van der Waals surface area contributed by atoms with Crippen molar-refractivity contribution in [1.82, 2.24) is 19.9 Å². The van der Waals surface area contributed by atoms with E-state index in [4.69, 9.17) is 0 Å². The van der Waals surface area contributed by atoms with Crippen molar-refractivity contribution in [2.75, 3.05) is 0 Å². The van der Waals surface area contributed by atoms with Gasteiger partial charge in [0.05, 0.1) is 5.69 Å². The summed E-state index contributed by atoms with van der Waals surface area (Å²) < 4.78 is 0. The van der Waals surface area contributed by atoms with Gasteiger partial charge in [-0.25, -0.2) is 14.8 Å². The molecule has 0 aromatic carbocycles. The van der Waals surface area contributed by atoms with E-state index in [1.54, 1.807) is 0 Å². The van der Waals surface area contributed by atoms with E-state index >= 15 is 0 Å². The zero-order valence-corrected chi connectivity index (χ0v) is 7.88. The summed E-state index contributed by atoms with van der Waals surface area (Å²) in [4.78, 5) is 23.7. The molecule has 0 unspecified atom stereocenters. The van der Waals surface area contributed by atoms with Crippen LogP contribution in [0, 0.1) is 6.92 Å². The number of hydrogen-bond acceptors (Lipinski definition) is 3. The minimum absolute atomic E-state index is 0.247. The van der Waals surface area contributed by atoms with E-state index < -0.39 is 0 Å². The molecule has 0 aliphatic rings. The Morgan fingerprint density at radius 2 is 1.92 bits per heavy atom. The molecule has 70 valence electrons. The van der Waals surface area contributed by atoms with Crippen LogP contribution in [-0.4, -0.2) is 19.9 Å². The fourth-order valence-corrected chi connectivity index (χ4v) is 0.970. The van der Waals surface area contributed by atoms with Gasteiger partial charge >= 0.3 is 5.69 Å². The number of rotatable bonds is 0. The number of H-pyrrole nitrogens is 2. The number of nitrogens with zero attached hydrogens (tertiary/aromatic N) is 2. The summed E-state index contributed by atoms with van der Waals surface area (Å²) in [7, 11) is 0. The van der Waals surface area contributed by atoms with Gasteiger partial charge in [-0.3, -0.25) is 4.98 Å². The summed E-state index contributed by atoms with van der Waals surface area (Å²) in [6.45, 7) is 5.81. The van der Waals surface area contributed by atoms with Crippen LogP contribution in [0.15, 0.2) is 11.1 Å². The van der Waals surface area contributed by atoms with E-state index in [1.165, 1.54) is 6.33 Å². The molecule has 13 heavy (non-hydrogen) atoms. The minimum atomic E-state index is -0.247. The van der Waals surface area contributed by atoms with Crippen molar-refractivity contribution in [2.24, 2.45) is 0 Å². The molecule has 0 fully saturated rings. The molecular formula is C8H12N4O. The normalized spacial score (nSPS) is 9.46. The van der Waals surface area contributed by atoms with Crippen molar-refractivity contribution in [1.29, 1.82) is 0 Å². The largest absolute Gasteiger partial charge is 0.325 e. The van der Waals surface area contributed by atoms with E-state index in [-0.39, 0.29) is 5.69 Å². The van der Waals surface area contributed by atoms with Crippen LogP contribution in [0.2, 0.25) is 0 Å². The number of hydrogen-bond donors (Lipinski definition) is 2. The monoisotopic (exact) mass is 180 g/mol. The Kier molecular flexibility index (Phi) is 2.79. The number of imidazole rings is 1. The van der Waals surface area contributed by atoms with Gasteiger partial charge in [-0.2, -0.15) is 0 Å². The molecule has 2 aromatic rings. The molecule has 0 aliphatic carbocycles. The lowest BCUT2D eigenvalue weighted by atomic mass is 10.4. The van der Waals surface area contributed by atoms with Gasteiger partial charge in [0.1, 0.15) is 11.8 Å². The van der Waals surface area contributed by atoms with E-state index in [9.17, 15) is 4.79 Å². The Bertz CT molecular complexity index is 443. The molecule has 0 saturated heterocycles. The van der Waals surface area contributed by atoms with Crippen molar-refractivity contribution < 1.29 is 0 Å². The quantitative estimate of drug-likeness (QED) is 0.634. The Balaban J connectivity index is 0.000000396. The zero-order chi connectivity index (χ0) is 9.84. The molecule has 0 aliphatic heterocycles. The second kappa shape index (κ2) is 3.84. The molecule has 2 aromatic heterocycles. The summed E-state index contributed by atoms with van der Waals surface area (Å²) in [5.41, 5.74) is 1.76. The summed E-state index contributed by atoms with van der Waals surface area (Å²) in [6, 6.07) is 0. The second-order valence-corrected chi connectivity index (χ2v) is 2.26. The SMILES string of the molecule is CC.Cc1ncnc2[nH]c(=O)[nH]c12. The Morgan fingerprint density at radius 3 is 2.54 bits per heavy atom. The lowest BCUT2D eigenvalue weighted by Crippen LogP contribution is -1.99. The van der Waals surface area contributed by atoms with Gasteiger partial charge in [-0.05, 0) is 6.92 Å². The first-order valence-electron chi connectivity index (χ1n) is 4.17. The molecule has 2 rings (SSSR count). The first kappa shape index (κ1) is 9.44. The predicted octanol–water partition coefficient (Wildman–Crippen LogP) is 0.981. The molecule has 0 atom stereocenters. The molecule has 0 radical (unpaired) electrons. The van der Waals surface area contributed by atoms with E-state index in [0.29, 0.717) is 11.2 Å². The number of nitrogens with one attached hydrogen (secondary N) is 2. The summed E-state index contributed by atoms with van der Waals surface area (Å²) in [6.07, 6.45) is 1.42. The van der Waals surface area contributed by atoms with Crippen LogP contribution in [-0.2, 0) is 0 Å². The van der Waals surface area contributed by atoms with Gasteiger partial charge in [0, 0.05) is 0 Å². The Hall–Kier alpha value is -1.65. The minimum Gasteiger partial charge on any atom is -0.303 e. The predicted molar refractivity (Wildman–Crippen MR) is 50.6 cm³/mol. The number of aromatic nitrogens is 4. The summed E-state index contributed by atoms with van der Waals surface area (Å²) >= 11 is 0. The van der Waals surface area contributed by atoms with Crippen LogP contribution in [0.4, 0.5) is 0 Å². The molecular weight excluding hydrogens is 168 g/mol. The molecule has 0 bridgehead atoms. The van der Waals surface area contributed by atoms with Crippen LogP contribution in [0.1, 0.15) is 19.5 Å². The molecule has 2 heterocycles. The van der Waals surface area contributed by atoms with Gasteiger partial charge in [0.15, 0.2) is 5.65 Å². The van der Waals surface area contributed by atoms with Crippen LogP contribution >= 0.6 is 0 Å². The van der Waals surface area contributed by atoms with Crippen molar-refractivity contribution >= 4 is 11.2 Å². The van der Waals surface area contributed by atoms with Gasteiger partial charge in [0.2, 0.25) is 0 Å². The highest BCUT2D eigenvalue weighted by Crippen LogP contribution is 2.04. The third kappa shape index (κ3) is 1.74. The number of fused-ring (bicyclic) bond motifs is 1. The first-order valence-corrected chi connectivity index (χ1v) is 4.17. The molecule has 5 heteroatoms. The Labute approximate surface area is 75.2 Å². The zero-order valence-electron chi connectivity index (χ0n) is 7.88. The van der Waals surface area contributed by atoms with E-state index in [0.717, 1.165) is 5.69 Å². The maximum atomic E-state index is 10.8. The topological polar surface area (TPSA) is 74.4 Å². The number of aryl methyl sites for hydroxylation is 1. The summed E-state index contributed by atoms with van der Waals surface area (Å²) in [5, 5.41) is 0. The standard InChI is InChI=1S/C6H6N4O.C2H6/c1-3-4-5(8-2-7-3)10-6(11)9-4;1-2/h2H,1H3,(H2,7,8,9,10,11);1-2H3. The lowest BCUT2D eigenvalue weighted by molar-refractivity contribution is 1.14. The molecule has 0 spiro atoms. The van der Waals surface area contributed by atoms with Crippen LogP contribution in [0.5, 0.6) is 0 Å². The fraction of sp³-hybridized carbons (Fsp3) is 0.375. The van der Waals surface area contributed by atoms with Gasteiger partial charge in [0.25, 0.3) is 0 Å². The number of aromatic amines is 2. The first-order chi connectivity index (χ1) is 6.27. The van der Waals surface area contributed by atoms with Crippen LogP contribution in [0.25, 0.3) is 11.2 Å². The average molecular weight is 180 g/mol. The highest BCUT2D eigenvalue weighted by atomic mass is 16.1. The van der Waals surface area contributed by atoms with Crippen molar-refractivity contribution in [2.45, 2.75) is 20.8 Å². The van der Waals surface area contributed by atoms with Gasteiger partial charge < -0.3 is 4.98 Å². The fourth-order valence-electron chi connectivity index (χ4n) is 0.970. The van der Waals surface area contributed by atoms with Gasteiger partial charge in [-0.15, -0.1) is 0 Å². The van der Waals surface area contributed by atoms with Crippen molar-refractivity contribution in [3.8, 4) is 0 Å². The smallest absolute Gasteiger partial charge is 0.303 e. The Morgan fingerprint density at radius 1 is 1.23 bits per heavy atom. The second-order valence-electron chi connectivity index (χ2n) is 2.26. The lowest BCUT2D eigenvalue weighted by Gasteiger charge is -1.89. The van der Waals surface area contributed by atoms with E-state index in [1.807, 2.05) is 20.8 Å².